The third-order valence-electron chi connectivity index (χ3n) is 3.81. The average molecular weight is 499 g/mol. The van der Waals surface area contributed by atoms with Crippen LogP contribution in [-0.2, 0) is 16.1 Å². The van der Waals surface area contributed by atoms with Gasteiger partial charge < -0.3 is 18.9 Å². The number of halogens is 2. The Hall–Kier alpha value is -2.29. The molecule has 0 N–H and O–H groups in total. The molecule has 0 spiro atoms. The zero-order valence-corrected chi connectivity index (χ0v) is 18.8. The van der Waals surface area contributed by atoms with Gasteiger partial charge >= 0.3 is 5.97 Å². The number of ether oxygens (including phenoxy) is 4. The SMILES string of the molecule is COc1cccc(-c2nc(COC(=O)COc3ccc(Cl)cc3Br)cs2)c1OC. The van der Waals surface area contributed by atoms with Gasteiger partial charge in [0.25, 0.3) is 0 Å². The van der Waals surface area contributed by atoms with E-state index in [1.165, 1.54) is 11.3 Å². The Bertz CT molecular complexity index is 1010. The molecular formula is C20H17BrClNO5S. The van der Waals surface area contributed by atoms with Gasteiger partial charge in [-0.3, -0.25) is 0 Å². The lowest BCUT2D eigenvalue weighted by Crippen LogP contribution is -2.15. The Labute approximate surface area is 185 Å². The van der Waals surface area contributed by atoms with Gasteiger partial charge in [-0.05, 0) is 46.3 Å². The van der Waals surface area contributed by atoms with Crippen LogP contribution in [0.15, 0.2) is 46.3 Å². The minimum atomic E-state index is -0.500. The molecule has 0 amide bonds. The maximum atomic E-state index is 12.0. The molecule has 0 bridgehead atoms. The van der Waals surface area contributed by atoms with Gasteiger partial charge in [-0.1, -0.05) is 17.7 Å². The van der Waals surface area contributed by atoms with E-state index in [0.29, 0.717) is 32.4 Å². The molecule has 6 nitrogen and oxygen atoms in total. The third-order valence-corrected chi connectivity index (χ3v) is 5.58. The average Bonchev–Trinajstić information content (AvgIpc) is 3.19. The van der Waals surface area contributed by atoms with E-state index in [2.05, 4.69) is 20.9 Å². The molecule has 0 fully saturated rings. The Morgan fingerprint density at radius 1 is 1.17 bits per heavy atom. The minimum absolute atomic E-state index is 0.0484. The second-order valence-electron chi connectivity index (χ2n) is 5.71. The second kappa shape index (κ2) is 9.96. The van der Waals surface area contributed by atoms with Gasteiger partial charge in [0.15, 0.2) is 18.1 Å². The van der Waals surface area contributed by atoms with E-state index in [0.717, 1.165) is 10.6 Å². The standard InChI is InChI=1S/C20H17BrClNO5S/c1-25-17-5-3-4-14(19(17)26-2)20-23-13(11-29-20)9-28-18(24)10-27-16-7-6-12(22)8-15(16)21/h3-8,11H,9-10H2,1-2H3. The Balaban J connectivity index is 1.59. The molecule has 9 heteroatoms. The molecule has 0 atom stereocenters. The van der Waals surface area contributed by atoms with Crippen LogP contribution in [0.5, 0.6) is 17.2 Å². The maximum Gasteiger partial charge on any atom is 0.344 e. The summed E-state index contributed by atoms with van der Waals surface area (Å²) in [5.74, 6) is 1.24. The topological polar surface area (TPSA) is 66.9 Å². The van der Waals surface area contributed by atoms with Gasteiger partial charge in [0.1, 0.15) is 17.4 Å². The summed E-state index contributed by atoms with van der Waals surface area (Å²) >= 11 is 10.6. The number of hydrogen-bond donors (Lipinski definition) is 0. The lowest BCUT2D eigenvalue weighted by molar-refractivity contribution is -0.147. The second-order valence-corrected chi connectivity index (χ2v) is 7.86. The molecule has 0 saturated heterocycles. The number of nitrogens with zero attached hydrogens (tertiary/aromatic N) is 1. The van der Waals surface area contributed by atoms with E-state index in [1.54, 1.807) is 32.4 Å². The van der Waals surface area contributed by atoms with Crippen LogP contribution in [0, 0.1) is 0 Å². The molecule has 2 aromatic carbocycles. The van der Waals surface area contributed by atoms with Crippen molar-refractivity contribution in [3.05, 3.63) is 57.0 Å². The monoisotopic (exact) mass is 497 g/mol. The van der Waals surface area contributed by atoms with Crippen molar-refractivity contribution in [1.82, 2.24) is 4.98 Å². The molecule has 0 aliphatic heterocycles. The minimum Gasteiger partial charge on any atom is -0.493 e. The molecule has 152 valence electrons. The molecule has 0 aliphatic rings. The van der Waals surface area contributed by atoms with Crippen LogP contribution >= 0.6 is 38.9 Å². The number of para-hydroxylation sites is 1. The molecule has 0 unspecified atom stereocenters. The highest BCUT2D eigenvalue weighted by molar-refractivity contribution is 9.10. The molecule has 3 aromatic rings. The lowest BCUT2D eigenvalue weighted by Gasteiger charge is -2.10. The summed E-state index contributed by atoms with van der Waals surface area (Å²) in [5.41, 5.74) is 1.45. The molecule has 3 rings (SSSR count). The van der Waals surface area contributed by atoms with Gasteiger partial charge in [0, 0.05) is 10.4 Å². The Morgan fingerprint density at radius 2 is 2.00 bits per heavy atom. The van der Waals surface area contributed by atoms with Crippen LogP contribution in [0.1, 0.15) is 5.69 Å². The van der Waals surface area contributed by atoms with Crippen LogP contribution in [0.4, 0.5) is 0 Å². The fourth-order valence-electron chi connectivity index (χ4n) is 2.48. The predicted molar refractivity (Wildman–Crippen MR) is 115 cm³/mol. The summed E-state index contributed by atoms with van der Waals surface area (Å²) < 4.78 is 22.1. The van der Waals surface area contributed by atoms with Gasteiger partial charge in [-0.2, -0.15) is 0 Å². The normalized spacial score (nSPS) is 10.5. The first-order valence-corrected chi connectivity index (χ1v) is 10.5. The Kier molecular flexibility index (Phi) is 7.35. The van der Waals surface area contributed by atoms with Gasteiger partial charge in [-0.25, -0.2) is 9.78 Å². The smallest absolute Gasteiger partial charge is 0.344 e. The van der Waals surface area contributed by atoms with E-state index in [-0.39, 0.29) is 13.2 Å². The zero-order chi connectivity index (χ0) is 20.8. The van der Waals surface area contributed by atoms with E-state index in [9.17, 15) is 4.79 Å². The third kappa shape index (κ3) is 5.41. The number of carbonyl (C=O) groups is 1. The zero-order valence-electron chi connectivity index (χ0n) is 15.6. The van der Waals surface area contributed by atoms with Gasteiger partial charge in [-0.15, -0.1) is 11.3 Å². The molecular weight excluding hydrogens is 482 g/mol. The van der Waals surface area contributed by atoms with Crippen molar-refractivity contribution in [3.63, 3.8) is 0 Å². The van der Waals surface area contributed by atoms with Crippen molar-refractivity contribution < 1.29 is 23.7 Å². The molecule has 1 aromatic heterocycles. The molecule has 29 heavy (non-hydrogen) atoms. The molecule has 1 heterocycles. The number of benzene rings is 2. The summed E-state index contributed by atoms with van der Waals surface area (Å²) in [6.07, 6.45) is 0. The summed E-state index contributed by atoms with van der Waals surface area (Å²) in [5, 5.41) is 3.14. The molecule has 0 radical (unpaired) electrons. The number of aromatic nitrogens is 1. The van der Waals surface area contributed by atoms with Crippen LogP contribution in [0.3, 0.4) is 0 Å². The number of thiazole rings is 1. The van der Waals surface area contributed by atoms with Crippen LogP contribution in [0.2, 0.25) is 5.02 Å². The fraction of sp³-hybridized carbons (Fsp3) is 0.200. The molecule has 0 aliphatic carbocycles. The fourth-order valence-corrected chi connectivity index (χ4v) is 4.10. The number of rotatable bonds is 8. The highest BCUT2D eigenvalue weighted by Gasteiger charge is 2.15. The van der Waals surface area contributed by atoms with Crippen molar-refractivity contribution in [2.45, 2.75) is 6.61 Å². The number of hydrogen-bond acceptors (Lipinski definition) is 7. The quantitative estimate of drug-likeness (QED) is 0.389. The predicted octanol–water partition coefficient (Wildman–Crippen LogP) is 5.37. The lowest BCUT2D eigenvalue weighted by atomic mass is 10.2. The van der Waals surface area contributed by atoms with Gasteiger partial charge in [0.2, 0.25) is 0 Å². The number of methoxy groups -OCH3 is 2. The summed E-state index contributed by atoms with van der Waals surface area (Å²) in [7, 11) is 3.16. The van der Waals surface area contributed by atoms with Crippen molar-refractivity contribution >= 4 is 44.8 Å². The van der Waals surface area contributed by atoms with E-state index < -0.39 is 5.97 Å². The summed E-state index contributed by atoms with van der Waals surface area (Å²) in [4.78, 5) is 16.5. The highest BCUT2D eigenvalue weighted by atomic mass is 79.9. The van der Waals surface area contributed by atoms with Gasteiger partial charge in [0.05, 0.1) is 29.9 Å². The van der Waals surface area contributed by atoms with Crippen molar-refractivity contribution in [2.75, 3.05) is 20.8 Å². The largest absolute Gasteiger partial charge is 0.493 e. The summed E-state index contributed by atoms with van der Waals surface area (Å²) in [6.45, 7) is -0.173. The highest BCUT2D eigenvalue weighted by Crippen LogP contribution is 2.39. The first kappa shape index (κ1) is 21.4. The van der Waals surface area contributed by atoms with Crippen LogP contribution in [0.25, 0.3) is 10.6 Å². The Morgan fingerprint density at radius 3 is 2.72 bits per heavy atom. The van der Waals surface area contributed by atoms with E-state index in [1.807, 2.05) is 23.6 Å². The van der Waals surface area contributed by atoms with Crippen molar-refractivity contribution in [2.24, 2.45) is 0 Å². The van der Waals surface area contributed by atoms with Crippen LogP contribution < -0.4 is 14.2 Å². The van der Waals surface area contributed by atoms with Crippen molar-refractivity contribution in [1.29, 1.82) is 0 Å². The van der Waals surface area contributed by atoms with E-state index in [4.69, 9.17) is 30.5 Å². The number of esters is 1. The van der Waals surface area contributed by atoms with Crippen molar-refractivity contribution in [3.8, 4) is 27.8 Å². The number of carbonyl (C=O) groups excluding carboxylic acids is 1. The van der Waals surface area contributed by atoms with Crippen LogP contribution in [-0.4, -0.2) is 31.8 Å². The summed E-state index contributed by atoms with van der Waals surface area (Å²) in [6, 6.07) is 10.6. The van der Waals surface area contributed by atoms with E-state index >= 15 is 0 Å². The molecule has 0 saturated carbocycles. The first-order chi connectivity index (χ1) is 14.0. The maximum absolute atomic E-state index is 12.0. The first-order valence-electron chi connectivity index (χ1n) is 8.41.